The number of nitrogens with two attached hydrogens (primary N) is 3. The van der Waals surface area contributed by atoms with Crippen molar-refractivity contribution in [1.29, 1.82) is 0 Å². The molecule has 3 saturated carbocycles. The molecule has 3 aliphatic carbocycles. The maximum absolute atomic E-state index is 14.9. The van der Waals surface area contributed by atoms with Gasteiger partial charge in [0.2, 0.25) is 29.4 Å². The number of hydrogen-bond donors (Lipinski definition) is 6. The molecule has 5 amide bonds. The molecule has 7 aromatic rings. The number of likely N-dealkylation sites (tertiary alicyclic amines) is 1. The van der Waals surface area contributed by atoms with Crippen molar-refractivity contribution in [3.8, 4) is 50.8 Å². The molecule has 0 bridgehead atoms. The van der Waals surface area contributed by atoms with Crippen molar-refractivity contribution in [2.45, 2.75) is 102 Å². The number of ether oxygens (including phenoxy) is 5. The van der Waals surface area contributed by atoms with E-state index in [2.05, 4.69) is 46.9 Å². The van der Waals surface area contributed by atoms with Crippen molar-refractivity contribution in [3.05, 3.63) is 145 Å². The summed E-state index contributed by atoms with van der Waals surface area (Å²) in [7, 11) is 7.03. The number of aromatic nitrogens is 4. The van der Waals surface area contributed by atoms with Crippen LogP contribution in [0.1, 0.15) is 85.0 Å². The maximum atomic E-state index is 14.9. The minimum Gasteiger partial charge on any atom is -0.490 e. The van der Waals surface area contributed by atoms with E-state index in [0.29, 0.717) is 85.9 Å². The van der Waals surface area contributed by atoms with E-state index in [1.807, 2.05) is 86.9 Å². The molecule has 3 aromatic carbocycles. The second kappa shape index (κ2) is 33.5. The summed E-state index contributed by atoms with van der Waals surface area (Å²) >= 11 is 0. The van der Waals surface area contributed by atoms with E-state index < -0.39 is 18.2 Å². The number of alkyl halides is 1. The van der Waals surface area contributed by atoms with Crippen molar-refractivity contribution in [1.82, 2.24) is 34.8 Å². The summed E-state index contributed by atoms with van der Waals surface area (Å²) in [5.74, 6) is 2.41. The van der Waals surface area contributed by atoms with Crippen LogP contribution >= 0.6 is 0 Å². The standard InChI is InChI=1S/C25H26FN5O4.C24H30N4O5.C24H32N4O3/c26-19-13-31(25(33)23-12-28-14-34-23)8-6-22(19)35-21-4-3-16(9-17(21)11-27)20-10-18(5-7-29-20)30-24(32)15-1-2-15;1-28(31-2)24(30)20-13-19(20)23(29)27-22-12-16(5-8-26-22)15-3-4-21(17(11-15)14-25)33-18-6-9-32-10-7-18;1-28(2)15-19-12-21(19)24(29)27-23-13-17(5-8-26-23)16-3-4-22(18(11-16)14-25)31-20-6-9-30-10-7-20/h3-5,7,9-10,12,14-15,19,22H,1-2,6,8,11,13,27H2,(H,29,30,32);3-5,8,11-12,18-20H,6-7,9-10,13-14,25H2,1-2H3,(H,26,27,29);3-5,8,11,13,19-21H,6-7,9-10,12,14-15,25H2,1-2H3,(H,26,27,29)/t19-,22+;19-,20-;19-,21+/m110/s1. The lowest BCUT2D eigenvalue weighted by atomic mass is 10.0. The molecule has 3 aliphatic heterocycles. The Balaban J connectivity index is 0.000000150. The van der Waals surface area contributed by atoms with Gasteiger partial charge >= 0.3 is 0 Å². The molecular weight excluding hydrogens is 1270 g/mol. The predicted molar refractivity (Wildman–Crippen MR) is 368 cm³/mol. The van der Waals surface area contributed by atoms with E-state index in [-0.39, 0.29) is 78.4 Å². The van der Waals surface area contributed by atoms with Crippen LogP contribution in [0.25, 0.3) is 33.5 Å². The average molecular weight is 1360 g/mol. The Labute approximate surface area is 574 Å². The monoisotopic (exact) mass is 1360 g/mol. The molecule has 0 unspecified atom stereocenters. The fourth-order valence-electron chi connectivity index (χ4n) is 12.2. The number of nitrogens with one attached hydrogen (secondary N) is 3. The molecule has 99 heavy (non-hydrogen) atoms. The molecule has 0 radical (unpaired) electrons. The van der Waals surface area contributed by atoms with Crippen LogP contribution in [0.2, 0.25) is 0 Å². The first kappa shape index (κ1) is 71.0. The van der Waals surface area contributed by atoms with Gasteiger partial charge in [-0.1, -0.05) is 12.1 Å². The number of benzene rings is 3. The summed E-state index contributed by atoms with van der Waals surface area (Å²) in [6, 6.07) is 28.6. The molecule has 6 fully saturated rings. The number of hydrogen-bond acceptors (Lipinski definition) is 20. The number of pyridine rings is 3. The van der Waals surface area contributed by atoms with Gasteiger partial charge in [-0.05, 0) is 147 Å². The normalized spacial score (nSPS) is 20.4. The van der Waals surface area contributed by atoms with Gasteiger partial charge in [-0.3, -0.25) is 33.8 Å². The minimum absolute atomic E-state index is 0.0305. The van der Waals surface area contributed by atoms with E-state index in [4.69, 9.17) is 50.1 Å². The zero-order chi connectivity index (χ0) is 69.5. The molecule has 4 aromatic heterocycles. The van der Waals surface area contributed by atoms with Gasteiger partial charge in [-0.2, -0.15) is 0 Å². The van der Waals surface area contributed by atoms with Crippen molar-refractivity contribution in [3.63, 3.8) is 0 Å². The molecule has 6 aliphatic rings. The fraction of sp³-hybridized carbons (Fsp3) is 0.438. The van der Waals surface area contributed by atoms with Gasteiger partial charge in [0.15, 0.2) is 12.6 Å². The van der Waals surface area contributed by atoms with Crippen molar-refractivity contribution >= 4 is 46.9 Å². The second-order valence-corrected chi connectivity index (χ2v) is 25.9. The molecule has 3 saturated heterocycles. The number of nitrogens with zero attached hydrogens (tertiary/aromatic N) is 7. The van der Waals surface area contributed by atoms with E-state index >= 15 is 0 Å². The van der Waals surface area contributed by atoms with Crippen LogP contribution in [-0.2, 0) is 53.1 Å². The Hall–Kier alpha value is -9.28. The minimum atomic E-state index is -1.37. The predicted octanol–water partition coefficient (Wildman–Crippen LogP) is 8.44. The van der Waals surface area contributed by atoms with Crippen LogP contribution in [0.5, 0.6) is 17.2 Å². The molecule has 7 heterocycles. The highest BCUT2D eigenvalue weighted by Gasteiger charge is 2.49. The molecule has 9 N–H and O–H groups in total. The van der Waals surface area contributed by atoms with Crippen molar-refractivity contribution < 1.29 is 61.3 Å². The smallest absolute Gasteiger partial charge is 0.291 e. The van der Waals surface area contributed by atoms with Crippen LogP contribution in [0.4, 0.5) is 21.7 Å². The van der Waals surface area contributed by atoms with Gasteiger partial charge in [-0.25, -0.2) is 24.4 Å². The topological polar surface area (TPSA) is 329 Å². The van der Waals surface area contributed by atoms with Crippen LogP contribution in [0.3, 0.4) is 0 Å². The van der Waals surface area contributed by atoms with Crippen LogP contribution < -0.4 is 47.4 Å². The molecule has 0 spiro atoms. The Morgan fingerprint density at radius 2 is 1.13 bits per heavy atom. The first-order chi connectivity index (χ1) is 48.0. The quantitative estimate of drug-likeness (QED) is 0.0327. The first-order valence-electron chi connectivity index (χ1n) is 33.8. The van der Waals surface area contributed by atoms with Gasteiger partial charge in [-0.15, -0.1) is 0 Å². The second-order valence-electron chi connectivity index (χ2n) is 25.9. The fourth-order valence-corrected chi connectivity index (χ4v) is 12.2. The Kier molecular flexibility index (Phi) is 24.0. The highest BCUT2D eigenvalue weighted by Crippen LogP contribution is 2.42. The van der Waals surface area contributed by atoms with E-state index in [1.54, 1.807) is 30.7 Å². The van der Waals surface area contributed by atoms with Crippen LogP contribution in [0, 0.1) is 29.6 Å². The number of anilines is 3. The largest absolute Gasteiger partial charge is 0.490 e. The van der Waals surface area contributed by atoms with E-state index in [1.165, 1.54) is 31.6 Å². The van der Waals surface area contributed by atoms with Crippen molar-refractivity contribution in [2.24, 2.45) is 46.8 Å². The number of hydroxylamine groups is 2. The van der Waals surface area contributed by atoms with E-state index in [9.17, 15) is 28.4 Å². The Bertz CT molecular complexity index is 3920. The van der Waals surface area contributed by atoms with Gasteiger partial charge in [0, 0.05) is 130 Å². The number of piperidine rings is 1. The number of carbonyl (C=O) groups excluding carboxylic acids is 5. The summed E-state index contributed by atoms with van der Waals surface area (Å²) in [6.45, 7) is 5.04. The average Bonchev–Trinajstić information content (AvgIpc) is 1.72. The third kappa shape index (κ3) is 19.1. The van der Waals surface area contributed by atoms with Crippen LogP contribution in [0.15, 0.2) is 127 Å². The summed E-state index contributed by atoms with van der Waals surface area (Å²) in [5, 5.41) is 9.89. The van der Waals surface area contributed by atoms with Gasteiger partial charge in [0.1, 0.15) is 47.2 Å². The molecular formula is C73H88FN13O12. The summed E-state index contributed by atoms with van der Waals surface area (Å²) in [6.07, 6.45) is 12.9. The Morgan fingerprint density at radius 1 is 0.596 bits per heavy atom. The lowest BCUT2D eigenvalue weighted by Crippen LogP contribution is -2.49. The van der Waals surface area contributed by atoms with Gasteiger partial charge in [0.05, 0.1) is 63.8 Å². The number of rotatable bonds is 23. The van der Waals surface area contributed by atoms with Gasteiger partial charge in [0.25, 0.3) is 5.91 Å². The molecule has 524 valence electrons. The first-order valence-corrected chi connectivity index (χ1v) is 33.8. The number of oxazole rings is 1. The van der Waals surface area contributed by atoms with Crippen molar-refractivity contribution in [2.75, 3.05) is 90.3 Å². The third-order valence-electron chi connectivity index (χ3n) is 18.3. The lowest BCUT2D eigenvalue weighted by molar-refractivity contribution is -0.170. The Morgan fingerprint density at radius 3 is 1.66 bits per heavy atom. The summed E-state index contributed by atoms with van der Waals surface area (Å²) in [5.41, 5.74) is 26.6. The third-order valence-corrected chi connectivity index (χ3v) is 18.3. The zero-order valence-electron chi connectivity index (χ0n) is 56.3. The highest BCUT2D eigenvalue weighted by atomic mass is 19.1. The van der Waals surface area contributed by atoms with Crippen LogP contribution in [-0.4, -0.2) is 163 Å². The summed E-state index contributed by atoms with van der Waals surface area (Å²) < 4.78 is 49.1. The molecule has 13 rings (SSSR count). The molecule has 6 atom stereocenters. The van der Waals surface area contributed by atoms with E-state index in [0.717, 1.165) is 120 Å². The highest BCUT2D eigenvalue weighted by molar-refractivity contribution is 5.99. The maximum Gasteiger partial charge on any atom is 0.291 e. The SMILES string of the molecule is CN(C)C[C@@H]1C[C@H]1C(=O)Nc1cc(-c2ccc(OC3CCOCC3)c(CN)c2)ccn1.CON(C)C(=O)[C@@H]1C[C@H]1C(=O)Nc1cc(-c2ccc(OC3CCOCC3)c(CN)c2)ccn1.NCc1cc(-c2cc(NC(=O)C3CC3)ccn2)ccc1O[C@H]1CCN(C(=O)c2cnco2)C[C@H]1F. The number of carbonyl (C=O) groups is 5. The summed E-state index contributed by atoms with van der Waals surface area (Å²) in [4.78, 5) is 86.9. The number of amides is 5. The number of halogens is 1. The molecule has 25 nitrogen and oxygen atoms in total. The zero-order valence-corrected chi connectivity index (χ0v) is 56.3. The molecule has 26 heteroatoms. The van der Waals surface area contributed by atoms with Gasteiger partial charge < -0.3 is 71.1 Å². The lowest BCUT2D eigenvalue weighted by Gasteiger charge is -2.34.